The van der Waals surface area contributed by atoms with Crippen LogP contribution < -0.4 is 11.1 Å². The number of halogens is 2. The Kier molecular flexibility index (Phi) is 7.20. The summed E-state index contributed by atoms with van der Waals surface area (Å²) in [6, 6.07) is 7.09. The lowest BCUT2D eigenvalue weighted by Gasteiger charge is -2.31. The zero-order chi connectivity index (χ0) is 29.9. The number of hydrogen-bond acceptors (Lipinski definition) is 5. The van der Waals surface area contributed by atoms with Crippen LogP contribution in [0.5, 0.6) is 0 Å². The van der Waals surface area contributed by atoms with Crippen molar-refractivity contribution in [3.05, 3.63) is 53.2 Å². The SMILES string of the molecule is CC1(C)CC(=O)n2c(c(-c3cc(F)c(C(N)=O)c(NC4CCC(C(=O)OC(C)(C)C)CC4)c3)c3ccc(F)cc32)C1. The van der Waals surface area contributed by atoms with Crippen molar-refractivity contribution in [1.82, 2.24) is 4.57 Å². The summed E-state index contributed by atoms with van der Waals surface area (Å²) in [5.41, 5.74) is 6.93. The van der Waals surface area contributed by atoms with Crippen molar-refractivity contribution < 1.29 is 27.9 Å². The molecule has 218 valence electrons. The zero-order valence-electron chi connectivity index (χ0n) is 24.2. The molecule has 2 aromatic carbocycles. The minimum absolute atomic E-state index is 0.115. The van der Waals surface area contributed by atoms with Gasteiger partial charge in [-0.1, -0.05) is 13.8 Å². The number of primary amides is 1. The number of carbonyl (C=O) groups is 3. The smallest absolute Gasteiger partial charge is 0.309 e. The molecule has 0 unspecified atom stereocenters. The highest BCUT2D eigenvalue weighted by Gasteiger charge is 2.36. The third-order valence-electron chi connectivity index (χ3n) is 8.01. The van der Waals surface area contributed by atoms with Gasteiger partial charge in [-0.15, -0.1) is 0 Å². The number of esters is 1. The number of ether oxygens (including phenoxy) is 1. The number of benzene rings is 2. The quantitative estimate of drug-likeness (QED) is 0.339. The summed E-state index contributed by atoms with van der Waals surface area (Å²) < 4.78 is 37.0. The molecule has 7 nitrogen and oxygen atoms in total. The monoisotopic (exact) mass is 565 g/mol. The molecule has 0 spiro atoms. The van der Waals surface area contributed by atoms with Gasteiger partial charge >= 0.3 is 5.97 Å². The Labute approximate surface area is 238 Å². The van der Waals surface area contributed by atoms with Gasteiger partial charge in [-0.25, -0.2) is 8.78 Å². The summed E-state index contributed by atoms with van der Waals surface area (Å²) in [5.74, 6) is -2.74. The van der Waals surface area contributed by atoms with Crippen molar-refractivity contribution >= 4 is 34.4 Å². The molecule has 0 saturated heterocycles. The second-order valence-electron chi connectivity index (χ2n) is 13.2. The van der Waals surface area contributed by atoms with Crippen LogP contribution >= 0.6 is 0 Å². The largest absolute Gasteiger partial charge is 0.460 e. The topological polar surface area (TPSA) is 103 Å². The molecular formula is C32H37F2N3O4. The van der Waals surface area contributed by atoms with Crippen LogP contribution in [0.2, 0.25) is 0 Å². The van der Waals surface area contributed by atoms with Gasteiger partial charge in [0.25, 0.3) is 5.91 Å². The molecule has 9 heteroatoms. The molecule has 0 radical (unpaired) electrons. The van der Waals surface area contributed by atoms with Crippen LogP contribution in [0, 0.1) is 23.0 Å². The lowest BCUT2D eigenvalue weighted by atomic mass is 9.80. The van der Waals surface area contributed by atoms with Crippen LogP contribution in [0.3, 0.4) is 0 Å². The molecule has 1 amide bonds. The number of nitrogens with one attached hydrogen (secondary N) is 1. The van der Waals surface area contributed by atoms with E-state index in [0.717, 1.165) is 0 Å². The van der Waals surface area contributed by atoms with Gasteiger partial charge in [-0.05, 0) is 94.2 Å². The number of amides is 1. The highest BCUT2D eigenvalue weighted by atomic mass is 19.1. The van der Waals surface area contributed by atoms with Gasteiger partial charge in [0.15, 0.2) is 0 Å². The molecule has 1 saturated carbocycles. The Balaban J connectivity index is 1.53. The highest BCUT2D eigenvalue weighted by Crippen LogP contribution is 2.44. The zero-order valence-corrected chi connectivity index (χ0v) is 24.2. The lowest BCUT2D eigenvalue weighted by molar-refractivity contribution is -0.161. The van der Waals surface area contributed by atoms with E-state index in [2.05, 4.69) is 5.32 Å². The predicted octanol–water partition coefficient (Wildman–Crippen LogP) is 6.61. The lowest BCUT2D eigenvalue weighted by Crippen LogP contribution is -2.34. The first-order chi connectivity index (χ1) is 19.1. The molecule has 3 aromatic rings. The second kappa shape index (κ2) is 10.3. The van der Waals surface area contributed by atoms with E-state index in [1.165, 1.54) is 18.2 Å². The molecule has 5 rings (SSSR count). The van der Waals surface area contributed by atoms with E-state index in [0.29, 0.717) is 66.2 Å². The fraction of sp³-hybridized carbons (Fsp3) is 0.469. The van der Waals surface area contributed by atoms with Crippen LogP contribution in [0.4, 0.5) is 14.5 Å². The second-order valence-corrected chi connectivity index (χ2v) is 13.2. The normalized spacial score (nSPS) is 20.5. The van der Waals surface area contributed by atoms with Gasteiger partial charge in [0.1, 0.15) is 17.2 Å². The Bertz CT molecular complexity index is 1560. The van der Waals surface area contributed by atoms with E-state index in [9.17, 15) is 18.8 Å². The molecule has 1 aliphatic carbocycles. The van der Waals surface area contributed by atoms with Crippen molar-refractivity contribution in [2.45, 2.75) is 84.8 Å². The van der Waals surface area contributed by atoms with Crippen molar-refractivity contribution in [3.63, 3.8) is 0 Å². The number of fused-ring (bicyclic) bond motifs is 3. The van der Waals surface area contributed by atoms with Crippen LogP contribution in [-0.2, 0) is 16.0 Å². The summed E-state index contributed by atoms with van der Waals surface area (Å²) in [6.07, 6.45) is 3.28. The summed E-state index contributed by atoms with van der Waals surface area (Å²) >= 11 is 0. The van der Waals surface area contributed by atoms with Gasteiger partial charge < -0.3 is 15.8 Å². The number of hydrogen-bond donors (Lipinski definition) is 2. The van der Waals surface area contributed by atoms with Gasteiger partial charge in [0, 0.05) is 29.1 Å². The third kappa shape index (κ3) is 5.72. The molecule has 0 atom stereocenters. The maximum atomic E-state index is 15.6. The van der Waals surface area contributed by atoms with Crippen molar-refractivity contribution in [1.29, 1.82) is 0 Å². The van der Waals surface area contributed by atoms with Gasteiger partial charge in [-0.3, -0.25) is 19.0 Å². The minimum Gasteiger partial charge on any atom is -0.460 e. The standard InChI is InChI=1S/C32H37F2N3O4/c1-31(2,3)41-30(40)17-6-9-20(10-7-17)36-23-13-18(12-22(34)28(23)29(35)39)27-21-11-8-19(33)14-24(21)37-25(27)15-32(4,5)16-26(37)38/h8,11-14,17,20,36H,6-7,9-10,15-16H2,1-5H3,(H2,35,39). The van der Waals surface area contributed by atoms with E-state index in [4.69, 9.17) is 10.5 Å². The highest BCUT2D eigenvalue weighted by molar-refractivity contribution is 6.06. The molecule has 1 aromatic heterocycles. The van der Waals surface area contributed by atoms with Crippen LogP contribution in [0.25, 0.3) is 22.0 Å². The van der Waals surface area contributed by atoms with E-state index in [-0.39, 0.29) is 40.5 Å². The first kappa shape index (κ1) is 28.8. The maximum Gasteiger partial charge on any atom is 0.309 e. The molecule has 2 aliphatic rings. The molecule has 0 bridgehead atoms. The molecule has 1 fully saturated rings. The van der Waals surface area contributed by atoms with Gasteiger partial charge in [0.05, 0.1) is 22.7 Å². The fourth-order valence-corrected chi connectivity index (χ4v) is 6.29. The maximum absolute atomic E-state index is 15.6. The van der Waals surface area contributed by atoms with E-state index < -0.39 is 23.1 Å². The number of aromatic nitrogens is 1. The molecule has 2 heterocycles. The van der Waals surface area contributed by atoms with Crippen molar-refractivity contribution in [2.75, 3.05) is 5.32 Å². The summed E-state index contributed by atoms with van der Waals surface area (Å²) in [7, 11) is 0. The Morgan fingerprint density at radius 1 is 1.05 bits per heavy atom. The van der Waals surface area contributed by atoms with E-state index >= 15 is 4.39 Å². The van der Waals surface area contributed by atoms with Gasteiger partial charge in [-0.2, -0.15) is 0 Å². The number of rotatable bonds is 5. The summed E-state index contributed by atoms with van der Waals surface area (Å²) in [5, 5.41) is 3.94. The minimum atomic E-state index is -0.902. The predicted molar refractivity (Wildman–Crippen MR) is 154 cm³/mol. The summed E-state index contributed by atoms with van der Waals surface area (Å²) in [6.45, 7) is 9.50. The fourth-order valence-electron chi connectivity index (χ4n) is 6.29. The average molecular weight is 566 g/mol. The Hall–Kier alpha value is -3.75. The number of nitrogens with zero attached hydrogens (tertiary/aromatic N) is 1. The third-order valence-corrected chi connectivity index (χ3v) is 8.01. The first-order valence-electron chi connectivity index (χ1n) is 14.1. The van der Waals surface area contributed by atoms with Gasteiger partial charge in [0.2, 0.25) is 5.91 Å². The van der Waals surface area contributed by atoms with Crippen molar-refractivity contribution in [2.24, 2.45) is 17.1 Å². The van der Waals surface area contributed by atoms with E-state index in [1.54, 1.807) is 16.7 Å². The Morgan fingerprint density at radius 3 is 2.37 bits per heavy atom. The first-order valence-corrected chi connectivity index (χ1v) is 14.1. The molecule has 1 aliphatic heterocycles. The van der Waals surface area contributed by atoms with Crippen LogP contribution in [0.15, 0.2) is 30.3 Å². The summed E-state index contributed by atoms with van der Waals surface area (Å²) in [4.78, 5) is 38.1. The molecular weight excluding hydrogens is 528 g/mol. The van der Waals surface area contributed by atoms with Crippen molar-refractivity contribution in [3.8, 4) is 11.1 Å². The van der Waals surface area contributed by atoms with Crippen LogP contribution in [-0.4, -0.2) is 34.0 Å². The molecule has 3 N–H and O–H groups in total. The molecule has 41 heavy (non-hydrogen) atoms. The number of anilines is 1. The number of nitrogens with two attached hydrogens (primary N) is 1. The van der Waals surface area contributed by atoms with Crippen LogP contribution in [0.1, 0.15) is 87.6 Å². The number of carbonyl (C=O) groups excluding carboxylic acids is 3. The average Bonchev–Trinajstić information content (AvgIpc) is 3.15. The Morgan fingerprint density at radius 2 is 1.73 bits per heavy atom. The van der Waals surface area contributed by atoms with E-state index in [1.807, 2.05) is 34.6 Å².